The summed E-state index contributed by atoms with van der Waals surface area (Å²) in [7, 11) is 1.51. The molecule has 8 heteroatoms. The van der Waals surface area contributed by atoms with Gasteiger partial charge < -0.3 is 15.0 Å². The lowest BCUT2D eigenvalue weighted by Crippen LogP contribution is -2.27. The highest BCUT2D eigenvalue weighted by Crippen LogP contribution is 2.10. The number of H-pyrrole nitrogens is 1. The van der Waals surface area contributed by atoms with Crippen LogP contribution in [0.1, 0.15) is 21.7 Å². The summed E-state index contributed by atoms with van der Waals surface area (Å²) in [6.07, 6.45) is 1.57. The van der Waals surface area contributed by atoms with Crippen LogP contribution >= 0.6 is 0 Å². The van der Waals surface area contributed by atoms with E-state index in [2.05, 4.69) is 20.3 Å². The minimum atomic E-state index is -0.515. The van der Waals surface area contributed by atoms with Crippen LogP contribution in [-0.4, -0.2) is 28.0 Å². The molecular weight excluding hydrogens is 322 g/mol. The number of carbonyl (C=O) groups is 1. The van der Waals surface area contributed by atoms with Crippen molar-refractivity contribution in [1.82, 2.24) is 20.3 Å². The first kappa shape index (κ1) is 16.1. The van der Waals surface area contributed by atoms with E-state index in [-0.39, 0.29) is 17.8 Å². The molecule has 2 aromatic heterocycles. The molecule has 124 valence electrons. The van der Waals surface area contributed by atoms with Crippen LogP contribution in [0.2, 0.25) is 0 Å². The number of methoxy groups -OCH3 is 1. The van der Waals surface area contributed by atoms with Crippen molar-refractivity contribution in [3.05, 3.63) is 63.8 Å². The predicted molar refractivity (Wildman–Crippen MR) is 89.0 cm³/mol. The molecule has 0 aliphatic carbocycles. The first-order valence-electron chi connectivity index (χ1n) is 7.32. The van der Waals surface area contributed by atoms with Gasteiger partial charge in [-0.05, 0) is 29.8 Å². The molecule has 0 saturated heterocycles. The Balaban J connectivity index is 1.82. The molecule has 3 aromatic rings. The number of fused-ring (bicyclic) bond motifs is 1. The predicted octanol–water partition coefficient (Wildman–Crippen LogP) is 1.13. The summed E-state index contributed by atoms with van der Waals surface area (Å²) in [6, 6.07) is 9.90. The maximum absolute atomic E-state index is 12.2. The molecule has 2 heterocycles. The zero-order valence-electron chi connectivity index (χ0n) is 13.2. The highest BCUT2D eigenvalue weighted by Gasteiger charge is 2.12. The Morgan fingerprint density at radius 1 is 1.36 bits per heavy atom. The average molecular weight is 335 g/mol. The van der Waals surface area contributed by atoms with Gasteiger partial charge in [0.1, 0.15) is 0 Å². The fraction of sp³-hybridized carbons (Fsp3) is 0.118. The minimum Gasteiger partial charge on any atom is -0.481 e. The molecule has 0 fully saturated rings. The highest BCUT2D eigenvalue weighted by molar-refractivity contribution is 5.92. The van der Waals surface area contributed by atoms with Crippen LogP contribution in [0.3, 0.4) is 0 Å². The zero-order valence-corrected chi connectivity index (χ0v) is 13.2. The van der Waals surface area contributed by atoms with Crippen LogP contribution in [0.4, 0.5) is 0 Å². The summed E-state index contributed by atoms with van der Waals surface area (Å²) < 4.78 is 5.02. The van der Waals surface area contributed by atoms with Crippen LogP contribution in [0.15, 0.2) is 41.3 Å². The first-order chi connectivity index (χ1) is 12.1. The van der Waals surface area contributed by atoms with E-state index in [1.165, 1.54) is 19.2 Å². The Morgan fingerprint density at radius 3 is 2.96 bits per heavy atom. The van der Waals surface area contributed by atoms with Gasteiger partial charge in [0.2, 0.25) is 5.88 Å². The van der Waals surface area contributed by atoms with E-state index in [1.54, 1.807) is 24.4 Å². The molecular formula is C17H13N5O3. The van der Waals surface area contributed by atoms with Gasteiger partial charge in [-0.25, -0.2) is 9.97 Å². The summed E-state index contributed by atoms with van der Waals surface area (Å²) in [5, 5.41) is 11.8. The number of nitrogens with zero attached hydrogens (tertiary/aromatic N) is 3. The molecule has 0 saturated carbocycles. The third kappa shape index (κ3) is 3.45. The lowest BCUT2D eigenvalue weighted by Gasteiger charge is -2.07. The van der Waals surface area contributed by atoms with Crippen molar-refractivity contribution in [3.8, 4) is 11.9 Å². The number of ether oxygens (including phenoxy) is 1. The van der Waals surface area contributed by atoms with Gasteiger partial charge in [-0.3, -0.25) is 9.59 Å². The molecule has 0 radical (unpaired) electrons. The van der Waals surface area contributed by atoms with Crippen molar-refractivity contribution in [3.63, 3.8) is 0 Å². The summed E-state index contributed by atoms with van der Waals surface area (Å²) in [6.45, 7) is 0.229. The SMILES string of the molecule is COc1cc(CNC(=O)c2nc3ccc(C#N)cc3c(=O)[nH]2)ccn1. The van der Waals surface area contributed by atoms with Gasteiger partial charge in [0.25, 0.3) is 11.5 Å². The summed E-state index contributed by atoms with van der Waals surface area (Å²) in [5.41, 5.74) is 1.02. The second-order valence-electron chi connectivity index (χ2n) is 5.15. The van der Waals surface area contributed by atoms with E-state index in [1.807, 2.05) is 6.07 Å². The Hall–Kier alpha value is -3.73. The van der Waals surface area contributed by atoms with Crippen molar-refractivity contribution in [2.75, 3.05) is 7.11 Å². The molecule has 25 heavy (non-hydrogen) atoms. The van der Waals surface area contributed by atoms with Crippen molar-refractivity contribution in [2.24, 2.45) is 0 Å². The number of rotatable bonds is 4. The van der Waals surface area contributed by atoms with Crippen LogP contribution in [0.25, 0.3) is 10.9 Å². The normalized spacial score (nSPS) is 10.2. The Labute approximate surface area is 142 Å². The van der Waals surface area contributed by atoms with E-state index in [9.17, 15) is 9.59 Å². The van der Waals surface area contributed by atoms with E-state index < -0.39 is 11.5 Å². The molecule has 0 aliphatic heterocycles. The van der Waals surface area contributed by atoms with Gasteiger partial charge >= 0.3 is 0 Å². The fourth-order valence-corrected chi connectivity index (χ4v) is 2.25. The molecule has 0 aliphatic rings. The molecule has 0 atom stereocenters. The quantitative estimate of drug-likeness (QED) is 0.737. The number of amides is 1. The number of hydrogen-bond acceptors (Lipinski definition) is 6. The van der Waals surface area contributed by atoms with Crippen LogP contribution in [0.5, 0.6) is 5.88 Å². The van der Waals surface area contributed by atoms with Gasteiger partial charge in [-0.15, -0.1) is 0 Å². The maximum Gasteiger partial charge on any atom is 0.287 e. The molecule has 0 spiro atoms. The largest absolute Gasteiger partial charge is 0.481 e. The Morgan fingerprint density at radius 2 is 2.20 bits per heavy atom. The van der Waals surface area contributed by atoms with Crippen LogP contribution in [-0.2, 0) is 6.54 Å². The third-order valence-electron chi connectivity index (χ3n) is 3.51. The minimum absolute atomic E-state index is 0.0942. The molecule has 3 rings (SSSR count). The monoisotopic (exact) mass is 335 g/mol. The highest BCUT2D eigenvalue weighted by atomic mass is 16.5. The van der Waals surface area contributed by atoms with E-state index in [4.69, 9.17) is 10.00 Å². The number of aromatic nitrogens is 3. The van der Waals surface area contributed by atoms with Gasteiger partial charge in [-0.1, -0.05) is 0 Å². The second kappa shape index (κ2) is 6.80. The maximum atomic E-state index is 12.2. The molecule has 1 aromatic carbocycles. The Bertz CT molecular complexity index is 1050. The van der Waals surface area contributed by atoms with Gasteiger partial charge in [0.05, 0.1) is 29.6 Å². The number of aromatic amines is 1. The van der Waals surface area contributed by atoms with Crippen LogP contribution in [0, 0.1) is 11.3 Å². The fourth-order valence-electron chi connectivity index (χ4n) is 2.25. The van der Waals surface area contributed by atoms with Gasteiger partial charge in [-0.2, -0.15) is 5.26 Å². The summed E-state index contributed by atoms with van der Waals surface area (Å²) in [4.78, 5) is 34.9. The van der Waals surface area contributed by atoms with Gasteiger partial charge in [0.15, 0.2) is 5.82 Å². The number of carbonyl (C=O) groups excluding carboxylic acids is 1. The van der Waals surface area contributed by atoms with Crippen molar-refractivity contribution < 1.29 is 9.53 Å². The van der Waals surface area contributed by atoms with E-state index in [0.29, 0.717) is 17.0 Å². The lowest BCUT2D eigenvalue weighted by atomic mass is 10.1. The molecule has 0 bridgehead atoms. The molecule has 0 unspecified atom stereocenters. The third-order valence-corrected chi connectivity index (χ3v) is 3.51. The van der Waals surface area contributed by atoms with Crippen molar-refractivity contribution >= 4 is 16.8 Å². The number of hydrogen-bond donors (Lipinski definition) is 2. The molecule has 2 N–H and O–H groups in total. The summed E-state index contributed by atoms with van der Waals surface area (Å²) >= 11 is 0. The molecule has 8 nitrogen and oxygen atoms in total. The smallest absolute Gasteiger partial charge is 0.287 e. The number of nitriles is 1. The number of nitrogens with one attached hydrogen (secondary N) is 2. The first-order valence-corrected chi connectivity index (χ1v) is 7.32. The number of benzene rings is 1. The topological polar surface area (TPSA) is 121 Å². The zero-order chi connectivity index (χ0) is 17.8. The molecule has 1 amide bonds. The number of pyridine rings is 1. The van der Waals surface area contributed by atoms with Gasteiger partial charge in [0, 0.05) is 18.8 Å². The van der Waals surface area contributed by atoms with E-state index >= 15 is 0 Å². The van der Waals surface area contributed by atoms with E-state index in [0.717, 1.165) is 5.56 Å². The van der Waals surface area contributed by atoms with Crippen LogP contribution < -0.4 is 15.6 Å². The summed E-state index contributed by atoms with van der Waals surface area (Å²) in [5.74, 6) is -0.167. The Kier molecular flexibility index (Phi) is 4.39. The van der Waals surface area contributed by atoms with Crippen molar-refractivity contribution in [1.29, 1.82) is 5.26 Å². The lowest BCUT2D eigenvalue weighted by molar-refractivity contribution is 0.0940. The average Bonchev–Trinajstić information content (AvgIpc) is 2.65. The van der Waals surface area contributed by atoms with Crippen molar-refractivity contribution in [2.45, 2.75) is 6.54 Å². The second-order valence-corrected chi connectivity index (χ2v) is 5.15. The standard InChI is InChI=1S/C17H13N5O3/c1-25-14-7-11(4-5-19-14)9-20-17(24)15-21-13-3-2-10(8-18)6-12(13)16(23)22-15/h2-7H,9H2,1H3,(H,20,24)(H,21,22,23).